The molecule has 1 N–H and O–H groups in total. The molecule has 5 heteroatoms. The summed E-state index contributed by atoms with van der Waals surface area (Å²) in [5.74, 6) is 0.558. The van der Waals surface area contributed by atoms with Gasteiger partial charge < -0.3 is 14.5 Å². The van der Waals surface area contributed by atoms with Gasteiger partial charge in [-0.1, -0.05) is 23.7 Å². The number of ether oxygens (including phenoxy) is 2. The van der Waals surface area contributed by atoms with Crippen LogP contribution < -0.4 is 4.74 Å². The van der Waals surface area contributed by atoms with Crippen LogP contribution in [0.1, 0.15) is 17.5 Å². The van der Waals surface area contributed by atoms with Crippen LogP contribution in [0.15, 0.2) is 48.7 Å². The van der Waals surface area contributed by atoms with Crippen LogP contribution in [0, 0.1) is 0 Å². The summed E-state index contributed by atoms with van der Waals surface area (Å²) < 4.78 is 10.4. The molecular formula is C20H20ClNO3. The number of aromatic amines is 1. The van der Waals surface area contributed by atoms with Crippen molar-refractivity contribution in [3.63, 3.8) is 0 Å². The number of methoxy groups -OCH3 is 1. The number of fused-ring (bicyclic) bond motifs is 1. The Kier molecular flexibility index (Phi) is 5.61. The van der Waals surface area contributed by atoms with Crippen molar-refractivity contribution >= 4 is 28.5 Å². The largest absolute Gasteiger partial charge is 0.497 e. The number of hydrogen-bond donors (Lipinski definition) is 1. The van der Waals surface area contributed by atoms with Crippen LogP contribution in [0.3, 0.4) is 0 Å². The summed E-state index contributed by atoms with van der Waals surface area (Å²) in [5.41, 5.74) is 3.16. The summed E-state index contributed by atoms with van der Waals surface area (Å²) in [6.07, 6.45) is 3.86. The number of H-pyrrole nitrogens is 1. The lowest BCUT2D eigenvalue weighted by Crippen LogP contribution is -2.09. The van der Waals surface area contributed by atoms with Crippen LogP contribution in [0.2, 0.25) is 5.02 Å². The number of benzene rings is 2. The first-order valence-electron chi connectivity index (χ1n) is 8.20. The Bertz CT molecular complexity index is 855. The molecule has 0 spiro atoms. The van der Waals surface area contributed by atoms with Crippen molar-refractivity contribution in [2.24, 2.45) is 0 Å². The first kappa shape index (κ1) is 17.4. The van der Waals surface area contributed by atoms with Crippen molar-refractivity contribution in [1.82, 2.24) is 4.98 Å². The Morgan fingerprint density at radius 3 is 2.72 bits per heavy atom. The molecule has 130 valence electrons. The molecule has 1 aromatic heterocycles. The zero-order valence-corrected chi connectivity index (χ0v) is 14.8. The molecule has 0 bridgehead atoms. The number of esters is 1. The van der Waals surface area contributed by atoms with E-state index in [2.05, 4.69) is 4.98 Å². The molecule has 0 atom stereocenters. The van der Waals surface area contributed by atoms with E-state index >= 15 is 0 Å². The summed E-state index contributed by atoms with van der Waals surface area (Å²) >= 11 is 6.06. The van der Waals surface area contributed by atoms with Gasteiger partial charge in [0.2, 0.25) is 0 Å². The van der Waals surface area contributed by atoms with Gasteiger partial charge in [-0.15, -0.1) is 0 Å². The van der Waals surface area contributed by atoms with Crippen LogP contribution in [-0.4, -0.2) is 24.7 Å². The maximum absolute atomic E-state index is 11.9. The van der Waals surface area contributed by atoms with Gasteiger partial charge in [0.05, 0.1) is 20.1 Å². The number of carbonyl (C=O) groups excluding carboxylic acids is 1. The molecule has 3 rings (SSSR count). The maximum atomic E-state index is 11.9. The molecule has 25 heavy (non-hydrogen) atoms. The minimum Gasteiger partial charge on any atom is -0.497 e. The Labute approximate surface area is 151 Å². The summed E-state index contributed by atoms with van der Waals surface area (Å²) in [6.45, 7) is 0.405. The molecule has 0 fully saturated rings. The van der Waals surface area contributed by atoms with Crippen molar-refractivity contribution in [1.29, 1.82) is 0 Å². The van der Waals surface area contributed by atoms with E-state index in [-0.39, 0.29) is 12.4 Å². The first-order valence-corrected chi connectivity index (χ1v) is 8.57. The molecule has 4 nitrogen and oxygen atoms in total. The highest BCUT2D eigenvalue weighted by molar-refractivity contribution is 6.31. The Morgan fingerprint density at radius 2 is 1.96 bits per heavy atom. The number of nitrogens with one attached hydrogen (secondary N) is 1. The Morgan fingerprint density at radius 1 is 1.16 bits per heavy atom. The second-order valence-corrected chi connectivity index (χ2v) is 6.29. The Balaban J connectivity index is 1.45. The van der Waals surface area contributed by atoms with E-state index in [0.29, 0.717) is 6.61 Å². The molecule has 0 unspecified atom stereocenters. The van der Waals surface area contributed by atoms with Gasteiger partial charge in [-0.25, -0.2) is 0 Å². The monoisotopic (exact) mass is 357 g/mol. The van der Waals surface area contributed by atoms with Crippen LogP contribution in [0.25, 0.3) is 10.9 Å². The standard InChI is InChI=1S/C20H20ClNO3/c1-24-17-7-4-14(5-8-17)11-20(23)25-10-2-3-15-13-22-19-9-6-16(21)12-18(15)19/h4-9,12-13,22H,2-3,10-11H2,1H3. The van der Waals surface area contributed by atoms with E-state index in [9.17, 15) is 4.79 Å². The van der Waals surface area contributed by atoms with Crippen molar-refractivity contribution in [3.05, 3.63) is 64.8 Å². The number of halogens is 1. The predicted octanol–water partition coefficient (Wildman–Crippen LogP) is 4.55. The quantitative estimate of drug-likeness (QED) is 0.498. The van der Waals surface area contributed by atoms with Crippen molar-refractivity contribution < 1.29 is 14.3 Å². The van der Waals surface area contributed by atoms with Crippen molar-refractivity contribution in [3.8, 4) is 5.75 Å². The lowest BCUT2D eigenvalue weighted by atomic mass is 10.1. The highest BCUT2D eigenvalue weighted by Gasteiger charge is 2.07. The predicted molar refractivity (Wildman–Crippen MR) is 99.3 cm³/mol. The fourth-order valence-electron chi connectivity index (χ4n) is 2.77. The summed E-state index contributed by atoms with van der Waals surface area (Å²) in [4.78, 5) is 15.1. The fraction of sp³-hybridized carbons (Fsp3) is 0.250. The molecule has 3 aromatic rings. The molecule has 0 saturated heterocycles. The fourth-order valence-corrected chi connectivity index (χ4v) is 2.94. The summed E-state index contributed by atoms with van der Waals surface area (Å²) in [7, 11) is 1.62. The third-order valence-corrected chi connectivity index (χ3v) is 4.33. The average molecular weight is 358 g/mol. The molecule has 1 heterocycles. The number of rotatable bonds is 7. The van der Waals surface area contributed by atoms with Gasteiger partial charge in [-0.3, -0.25) is 4.79 Å². The highest BCUT2D eigenvalue weighted by Crippen LogP contribution is 2.23. The van der Waals surface area contributed by atoms with Gasteiger partial charge in [-0.05, 0) is 54.3 Å². The van der Waals surface area contributed by atoms with Gasteiger partial charge in [0.1, 0.15) is 5.75 Å². The third kappa shape index (κ3) is 4.54. The number of aromatic nitrogens is 1. The lowest BCUT2D eigenvalue weighted by molar-refractivity contribution is -0.142. The van der Waals surface area contributed by atoms with E-state index in [1.54, 1.807) is 7.11 Å². The van der Waals surface area contributed by atoms with Gasteiger partial charge in [0, 0.05) is 22.1 Å². The SMILES string of the molecule is COc1ccc(CC(=O)OCCCc2c[nH]c3ccc(Cl)cc23)cc1. The summed E-state index contributed by atoms with van der Waals surface area (Å²) in [5, 5.41) is 1.84. The van der Waals surface area contributed by atoms with E-state index in [4.69, 9.17) is 21.1 Å². The number of hydrogen-bond acceptors (Lipinski definition) is 3. The van der Waals surface area contributed by atoms with Gasteiger partial charge >= 0.3 is 5.97 Å². The molecule has 0 aliphatic carbocycles. The van der Waals surface area contributed by atoms with Crippen LogP contribution >= 0.6 is 11.6 Å². The second kappa shape index (κ2) is 8.08. The van der Waals surface area contributed by atoms with Gasteiger partial charge in [0.15, 0.2) is 0 Å². The number of aryl methyl sites for hydroxylation is 1. The molecule has 2 aromatic carbocycles. The average Bonchev–Trinajstić information content (AvgIpc) is 3.01. The zero-order chi connectivity index (χ0) is 17.6. The molecule has 0 amide bonds. The summed E-state index contributed by atoms with van der Waals surface area (Å²) in [6, 6.07) is 13.2. The van der Waals surface area contributed by atoms with Gasteiger partial charge in [0.25, 0.3) is 0 Å². The Hall–Kier alpha value is -2.46. The normalized spacial score (nSPS) is 10.8. The van der Waals surface area contributed by atoms with Gasteiger partial charge in [-0.2, -0.15) is 0 Å². The second-order valence-electron chi connectivity index (χ2n) is 5.85. The minimum absolute atomic E-state index is 0.216. The number of carbonyl (C=O) groups is 1. The zero-order valence-electron chi connectivity index (χ0n) is 14.0. The van der Waals surface area contributed by atoms with Crippen molar-refractivity contribution in [2.45, 2.75) is 19.3 Å². The minimum atomic E-state index is -0.216. The lowest BCUT2D eigenvalue weighted by Gasteiger charge is -2.06. The molecule has 0 aliphatic heterocycles. The maximum Gasteiger partial charge on any atom is 0.310 e. The first-order chi connectivity index (χ1) is 12.2. The smallest absolute Gasteiger partial charge is 0.310 e. The van der Waals surface area contributed by atoms with E-state index in [0.717, 1.165) is 40.1 Å². The third-order valence-electron chi connectivity index (χ3n) is 4.09. The van der Waals surface area contributed by atoms with Crippen LogP contribution in [-0.2, 0) is 22.4 Å². The highest BCUT2D eigenvalue weighted by atomic mass is 35.5. The van der Waals surface area contributed by atoms with E-state index in [1.807, 2.05) is 48.7 Å². The van der Waals surface area contributed by atoms with E-state index in [1.165, 1.54) is 5.56 Å². The topological polar surface area (TPSA) is 51.3 Å². The van der Waals surface area contributed by atoms with Crippen LogP contribution in [0.5, 0.6) is 5.75 Å². The molecule has 0 saturated carbocycles. The van der Waals surface area contributed by atoms with Crippen LogP contribution in [0.4, 0.5) is 0 Å². The molecule has 0 aliphatic rings. The van der Waals surface area contributed by atoms with E-state index < -0.39 is 0 Å². The molecular weight excluding hydrogens is 338 g/mol. The molecule has 0 radical (unpaired) electrons. The van der Waals surface area contributed by atoms with Crippen molar-refractivity contribution in [2.75, 3.05) is 13.7 Å².